The fourth-order valence-corrected chi connectivity index (χ4v) is 3.65. The fourth-order valence-electron chi connectivity index (χ4n) is 3.65. The van der Waals surface area contributed by atoms with Crippen molar-refractivity contribution < 1.29 is 18.7 Å². The molecule has 1 atom stereocenters. The summed E-state index contributed by atoms with van der Waals surface area (Å²) >= 11 is 0. The van der Waals surface area contributed by atoms with Crippen LogP contribution in [0.5, 0.6) is 0 Å². The fraction of sp³-hybridized carbons (Fsp3) is 0.458. The minimum absolute atomic E-state index is 0.0350. The van der Waals surface area contributed by atoms with Crippen LogP contribution in [0.2, 0.25) is 0 Å². The second-order valence-electron chi connectivity index (χ2n) is 8.31. The summed E-state index contributed by atoms with van der Waals surface area (Å²) in [4.78, 5) is 33.3. The Bertz CT molecular complexity index is 875. The van der Waals surface area contributed by atoms with Gasteiger partial charge in [-0.15, -0.1) is 0 Å². The lowest BCUT2D eigenvalue weighted by atomic mass is 10.2. The summed E-state index contributed by atoms with van der Waals surface area (Å²) in [5.41, 5.74) is 1.30. The largest absolute Gasteiger partial charge is 0.370 e. The molecule has 2 aromatic rings. The number of pyridine rings is 1. The monoisotopic (exact) mass is 427 g/mol. The molecule has 1 saturated heterocycles. The molecule has 0 saturated carbocycles. The molecule has 3 rings (SSSR count). The zero-order valence-corrected chi connectivity index (χ0v) is 18.2. The van der Waals surface area contributed by atoms with Crippen LogP contribution in [0, 0.1) is 11.7 Å². The number of hydrogen-bond acceptors (Lipinski definition) is 4. The number of halogens is 1. The molecular weight excluding hydrogens is 397 g/mol. The summed E-state index contributed by atoms with van der Waals surface area (Å²) in [5.74, 6) is -0.223. The predicted molar refractivity (Wildman–Crippen MR) is 116 cm³/mol. The number of aryl methyl sites for hydroxylation is 1. The lowest BCUT2D eigenvalue weighted by Gasteiger charge is -2.26. The van der Waals surface area contributed by atoms with Crippen molar-refractivity contribution in [2.45, 2.75) is 39.4 Å². The lowest BCUT2D eigenvalue weighted by molar-refractivity contribution is -0.139. The number of aromatic nitrogens is 1. The van der Waals surface area contributed by atoms with E-state index < -0.39 is 0 Å². The van der Waals surface area contributed by atoms with Crippen molar-refractivity contribution in [1.29, 1.82) is 0 Å². The molecule has 0 spiro atoms. The van der Waals surface area contributed by atoms with Crippen molar-refractivity contribution in [2.24, 2.45) is 5.92 Å². The molecule has 1 aliphatic heterocycles. The Balaban J connectivity index is 1.67. The van der Waals surface area contributed by atoms with Gasteiger partial charge in [-0.1, -0.05) is 38.1 Å². The van der Waals surface area contributed by atoms with Gasteiger partial charge in [0.1, 0.15) is 5.82 Å². The highest BCUT2D eigenvalue weighted by molar-refractivity contribution is 5.85. The number of hydrogen-bond donors (Lipinski definition) is 0. The van der Waals surface area contributed by atoms with Crippen molar-refractivity contribution in [1.82, 2.24) is 14.8 Å². The number of ether oxygens (including phenoxy) is 1. The molecule has 0 N–H and O–H groups in total. The molecule has 1 aromatic carbocycles. The SMILES string of the molecule is CC(C)CN1CC(OCc2ccccc2F)CN(C(=O)CCc2ccccn2)CC1=O. The molecular formula is C24H30FN3O3. The minimum Gasteiger partial charge on any atom is -0.370 e. The van der Waals surface area contributed by atoms with E-state index in [4.69, 9.17) is 4.74 Å². The van der Waals surface area contributed by atoms with E-state index in [9.17, 15) is 14.0 Å². The molecule has 1 aromatic heterocycles. The Morgan fingerprint density at radius 2 is 1.97 bits per heavy atom. The predicted octanol–water partition coefficient (Wildman–Crippen LogP) is 3.07. The first-order valence-corrected chi connectivity index (χ1v) is 10.7. The van der Waals surface area contributed by atoms with Crippen LogP contribution in [0.1, 0.15) is 31.5 Å². The van der Waals surface area contributed by atoms with Crippen LogP contribution in [0.15, 0.2) is 48.7 Å². The number of amides is 2. The molecule has 1 unspecified atom stereocenters. The second-order valence-corrected chi connectivity index (χ2v) is 8.31. The van der Waals surface area contributed by atoms with Gasteiger partial charge in [-0.05, 0) is 30.5 Å². The first kappa shape index (κ1) is 22.9. The molecule has 6 nitrogen and oxygen atoms in total. The molecule has 2 heterocycles. The third kappa shape index (κ3) is 6.85. The molecule has 7 heteroatoms. The minimum atomic E-state index is -0.386. The molecule has 2 amide bonds. The third-order valence-corrected chi connectivity index (χ3v) is 5.22. The Kier molecular flexibility index (Phi) is 8.12. The van der Waals surface area contributed by atoms with Gasteiger partial charge in [0.25, 0.3) is 0 Å². The van der Waals surface area contributed by atoms with Crippen LogP contribution in [-0.2, 0) is 27.4 Å². The average Bonchev–Trinajstić information content (AvgIpc) is 2.90. The van der Waals surface area contributed by atoms with Crippen molar-refractivity contribution >= 4 is 11.8 Å². The summed E-state index contributed by atoms with van der Waals surface area (Å²) in [6.07, 6.45) is 2.10. The van der Waals surface area contributed by atoms with E-state index in [2.05, 4.69) is 4.98 Å². The molecule has 31 heavy (non-hydrogen) atoms. The summed E-state index contributed by atoms with van der Waals surface area (Å²) in [6, 6.07) is 12.1. The second kappa shape index (κ2) is 11.0. The quantitative estimate of drug-likeness (QED) is 0.650. The van der Waals surface area contributed by atoms with Gasteiger partial charge < -0.3 is 14.5 Å². The van der Waals surface area contributed by atoms with E-state index in [0.717, 1.165) is 5.69 Å². The van der Waals surface area contributed by atoms with Gasteiger partial charge in [0.2, 0.25) is 11.8 Å². The first-order chi connectivity index (χ1) is 14.9. The van der Waals surface area contributed by atoms with Gasteiger partial charge >= 0.3 is 0 Å². The van der Waals surface area contributed by atoms with Crippen molar-refractivity contribution in [3.05, 3.63) is 65.7 Å². The van der Waals surface area contributed by atoms with Gasteiger partial charge in [-0.3, -0.25) is 14.6 Å². The standard InChI is InChI=1S/C24H30FN3O3/c1-18(2)13-27-14-21(31-17-19-7-3-4-9-22(19)25)15-28(16-24(27)30)23(29)11-10-20-8-5-6-12-26-20/h3-9,12,18,21H,10-11,13-17H2,1-2H3. The van der Waals surface area contributed by atoms with Crippen LogP contribution >= 0.6 is 0 Å². The Morgan fingerprint density at radius 3 is 2.68 bits per heavy atom. The molecule has 1 fully saturated rings. The van der Waals surface area contributed by atoms with E-state index in [-0.39, 0.29) is 43.3 Å². The zero-order valence-electron chi connectivity index (χ0n) is 18.2. The summed E-state index contributed by atoms with van der Waals surface area (Å²) in [7, 11) is 0. The number of benzene rings is 1. The van der Waals surface area contributed by atoms with E-state index in [0.29, 0.717) is 37.5 Å². The first-order valence-electron chi connectivity index (χ1n) is 10.7. The van der Waals surface area contributed by atoms with E-state index >= 15 is 0 Å². The highest BCUT2D eigenvalue weighted by atomic mass is 19.1. The molecule has 0 bridgehead atoms. The Hall–Kier alpha value is -2.80. The van der Waals surface area contributed by atoms with Crippen molar-refractivity contribution in [3.63, 3.8) is 0 Å². The lowest BCUT2D eigenvalue weighted by Crippen LogP contribution is -2.40. The van der Waals surface area contributed by atoms with Gasteiger partial charge in [0.15, 0.2) is 0 Å². The van der Waals surface area contributed by atoms with Crippen LogP contribution < -0.4 is 0 Å². The molecule has 166 valence electrons. The third-order valence-electron chi connectivity index (χ3n) is 5.22. The zero-order chi connectivity index (χ0) is 22.2. The summed E-state index contributed by atoms with van der Waals surface area (Å²) in [6.45, 7) is 5.50. The Morgan fingerprint density at radius 1 is 1.19 bits per heavy atom. The molecule has 0 aliphatic carbocycles. The van der Waals surface area contributed by atoms with Gasteiger partial charge in [-0.25, -0.2) is 4.39 Å². The van der Waals surface area contributed by atoms with E-state index in [1.165, 1.54) is 6.07 Å². The highest BCUT2D eigenvalue weighted by Gasteiger charge is 2.31. The van der Waals surface area contributed by atoms with Gasteiger partial charge in [-0.2, -0.15) is 0 Å². The van der Waals surface area contributed by atoms with Gasteiger partial charge in [0, 0.05) is 43.5 Å². The molecule has 0 radical (unpaired) electrons. The number of nitrogens with zero attached hydrogens (tertiary/aromatic N) is 3. The number of carbonyl (C=O) groups excluding carboxylic acids is 2. The normalized spacial score (nSPS) is 17.2. The number of rotatable bonds is 8. The van der Waals surface area contributed by atoms with Gasteiger partial charge in [0.05, 0.1) is 19.3 Å². The topological polar surface area (TPSA) is 62.7 Å². The van der Waals surface area contributed by atoms with Crippen molar-refractivity contribution in [3.8, 4) is 0 Å². The maximum atomic E-state index is 14.0. The van der Waals surface area contributed by atoms with Crippen LogP contribution in [-0.4, -0.2) is 58.9 Å². The summed E-state index contributed by atoms with van der Waals surface area (Å²) < 4.78 is 20.0. The number of carbonyl (C=O) groups is 2. The maximum absolute atomic E-state index is 14.0. The van der Waals surface area contributed by atoms with E-state index in [1.807, 2.05) is 32.0 Å². The smallest absolute Gasteiger partial charge is 0.242 e. The molecule has 1 aliphatic rings. The average molecular weight is 428 g/mol. The van der Waals surface area contributed by atoms with Crippen molar-refractivity contribution in [2.75, 3.05) is 26.2 Å². The summed E-state index contributed by atoms with van der Waals surface area (Å²) in [5, 5.41) is 0. The maximum Gasteiger partial charge on any atom is 0.242 e. The van der Waals surface area contributed by atoms with Crippen LogP contribution in [0.3, 0.4) is 0 Å². The Labute approximate surface area is 183 Å². The van der Waals surface area contributed by atoms with Crippen LogP contribution in [0.4, 0.5) is 4.39 Å². The highest BCUT2D eigenvalue weighted by Crippen LogP contribution is 2.15. The van der Waals surface area contributed by atoms with E-state index in [1.54, 1.807) is 34.2 Å². The van der Waals surface area contributed by atoms with Crippen LogP contribution in [0.25, 0.3) is 0 Å².